The van der Waals surface area contributed by atoms with Crippen molar-refractivity contribution < 1.29 is 0 Å². The number of hydrogen-bond acceptors (Lipinski definition) is 5. The maximum absolute atomic E-state index is 5.65. The second-order valence-corrected chi connectivity index (χ2v) is 3.77. The molecule has 2 aromatic rings. The van der Waals surface area contributed by atoms with Gasteiger partial charge in [0, 0.05) is 23.9 Å². The van der Waals surface area contributed by atoms with Crippen LogP contribution in [-0.2, 0) is 0 Å². The molecule has 82 valence electrons. The summed E-state index contributed by atoms with van der Waals surface area (Å²) in [6, 6.07) is 3.73. The Balaban J connectivity index is 2.50. The molecule has 5 nitrogen and oxygen atoms in total. The first-order valence-electron chi connectivity index (χ1n) is 5.08. The zero-order valence-corrected chi connectivity index (χ0v) is 9.25. The van der Waals surface area contributed by atoms with Gasteiger partial charge in [-0.15, -0.1) is 0 Å². The molecule has 0 aliphatic rings. The van der Waals surface area contributed by atoms with Crippen molar-refractivity contribution in [1.29, 1.82) is 0 Å². The quantitative estimate of drug-likeness (QED) is 0.823. The van der Waals surface area contributed by atoms with Gasteiger partial charge < -0.3 is 5.73 Å². The molecule has 0 bridgehead atoms. The van der Waals surface area contributed by atoms with Crippen LogP contribution >= 0.6 is 0 Å². The number of nitrogens with two attached hydrogens (primary N) is 1. The van der Waals surface area contributed by atoms with Crippen LogP contribution in [0.1, 0.15) is 25.6 Å². The van der Waals surface area contributed by atoms with Gasteiger partial charge in [0.2, 0.25) is 5.95 Å². The van der Waals surface area contributed by atoms with E-state index in [9.17, 15) is 0 Å². The average Bonchev–Trinajstić information content (AvgIpc) is 2.29. The first kappa shape index (κ1) is 10.5. The van der Waals surface area contributed by atoms with Gasteiger partial charge in [-0.25, -0.2) is 4.98 Å². The Morgan fingerprint density at radius 1 is 1.19 bits per heavy atom. The maximum atomic E-state index is 5.65. The molecule has 0 amide bonds. The van der Waals surface area contributed by atoms with E-state index in [1.807, 2.05) is 26.0 Å². The molecule has 2 aromatic heterocycles. The van der Waals surface area contributed by atoms with Crippen molar-refractivity contribution in [2.45, 2.75) is 19.8 Å². The van der Waals surface area contributed by atoms with Gasteiger partial charge >= 0.3 is 0 Å². The summed E-state index contributed by atoms with van der Waals surface area (Å²) in [6.07, 6.45) is 3.41. The van der Waals surface area contributed by atoms with Gasteiger partial charge in [0.25, 0.3) is 0 Å². The van der Waals surface area contributed by atoms with E-state index >= 15 is 0 Å². The van der Waals surface area contributed by atoms with Crippen molar-refractivity contribution in [3.63, 3.8) is 0 Å². The van der Waals surface area contributed by atoms with Gasteiger partial charge in [-0.1, -0.05) is 13.8 Å². The molecule has 5 heteroatoms. The molecular weight excluding hydrogens is 202 g/mol. The lowest BCUT2D eigenvalue weighted by Gasteiger charge is -2.06. The molecule has 0 atom stereocenters. The van der Waals surface area contributed by atoms with E-state index in [0.29, 0.717) is 11.6 Å². The lowest BCUT2D eigenvalue weighted by atomic mass is 10.2. The molecule has 0 aromatic carbocycles. The number of nitrogen functional groups attached to an aromatic ring is 1. The fourth-order valence-electron chi connectivity index (χ4n) is 1.29. The zero-order chi connectivity index (χ0) is 11.5. The topological polar surface area (TPSA) is 77.6 Å². The summed E-state index contributed by atoms with van der Waals surface area (Å²) in [7, 11) is 0. The van der Waals surface area contributed by atoms with Crippen molar-refractivity contribution in [3.05, 3.63) is 30.4 Å². The number of aromatic nitrogens is 4. The summed E-state index contributed by atoms with van der Waals surface area (Å²) in [4.78, 5) is 16.6. The molecule has 2 rings (SSSR count). The van der Waals surface area contributed by atoms with E-state index in [4.69, 9.17) is 5.73 Å². The highest BCUT2D eigenvalue weighted by atomic mass is 15.1. The maximum Gasteiger partial charge on any atom is 0.223 e. The van der Waals surface area contributed by atoms with Crippen molar-refractivity contribution in [2.24, 2.45) is 0 Å². The van der Waals surface area contributed by atoms with Crippen LogP contribution in [0.3, 0.4) is 0 Å². The summed E-state index contributed by atoms with van der Waals surface area (Å²) < 4.78 is 0. The molecule has 0 saturated carbocycles. The standard InChI is InChI=1S/C11H13N5/c1-7(2)9-14-10(16-11(12)15-9)8-4-3-5-13-6-8/h3-7H,1-2H3,(H2,12,14,15,16). The van der Waals surface area contributed by atoms with Crippen LogP contribution in [0.15, 0.2) is 24.5 Å². The lowest BCUT2D eigenvalue weighted by molar-refractivity contribution is 0.767. The van der Waals surface area contributed by atoms with Crippen LogP contribution in [0.2, 0.25) is 0 Å². The molecule has 0 aliphatic carbocycles. The van der Waals surface area contributed by atoms with E-state index < -0.39 is 0 Å². The Kier molecular flexibility index (Phi) is 2.76. The SMILES string of the molecule is CC(C)c1nc(N)nc(-c2cccnc2)n1. The van der Waals surface area contributed by atoms with E-state index in [1.54, 1.807) is 12.4 Å². The minimum absolute atomic E-state index is 0.223. The van der Waals surface area contributed by atoms with Crippen LogP contribution in [-0.4, -0.2) is 19.9 Å². The Morgan fingerprint density at radius 2 is 2.00 bits per heavy atom. The largest absolute Gasteiger partial charge is 0.368 e. The summed E-state index contributed by atoms with van der Waals surface area (Å²) in [5.74, 6) is 1.74. The molecule has 0 saturated heterocycles. The average molecular weight is 215 g/mol. The number of hydrogen-bond donors (Lipinski definition) is 1. The third kappa shape index (κ3) is 2.13. The normalized spacial score (nSPS) is 10.7. The first-order valence-corrected chi connectivity index (χ1v) is 5.08. The predicted molar refractivity (Wildman–Crippen MR) is 61.6 cm³/mol. The van der Waals surface area contributed by atoms with E-state index in [0.717, 1.165) is 5.56 Å². The van der Waals surface area contributed by atoms with Crippen LogP contribution in [0.5, 0.6) is 0 Å². The molecule has 0 spiro atoms. The molecular formula is C11H13N5. The predicted octanol–water partition coefficient (Wildman–Crippen LogP) is 1.64. The number of nitrogens with zero attached hydrogens (tertiary/aromatic N) is 4. The highest BCUT2D eigenvalue weighted by molar-refractivity contribution is 5.53. The van der Waals surface area contributed by atoms with Crippen LogP contribution in [0.4, 0.5) is 5.95 Å². The third-order valence-corrected chi connectivity index (χ3v) is 2.11. The number of pyridine rings is 1. The smallest absolute Gasteiger partial charge is 0.223 e. The Bertz CT molecular complexity index is 481. The van der Waals surface area contributed by atoms with Gasteiger partial charge in [0.15, 0.2) is 5.82 Å². The van der Waals surface area contributed by atoms with Crippen molar-refractivity contribution in [1.82, 2.24) is 19.9 Å². The molecule has 0 unspecified atom stereocenters. The van der Waals surface area contributed by atoms with Gasteiger partial charge in [-0.2, -0.15) is 9.97 Å². The highest BCUT2D eigenvalue weighted by Crippen LogP contribution is 2.16. The summed E-state index contributed by atoms with van der Waals surface area (Å²) in [5.41, 5.74) is 6.50. The second kappa shape index (κ2) is 4.22. The minimum Gasteiger partial charge on any atom is -0.368 e. The van der Waals surface area contributed by atoms with Gasteiger partial charge in [-0.3, -0.25) is 4.98 Å². The number of anilines is 1. The van der Waals surface area contributed by atoms with Crippen molar-refractivity contribution >= 4 is 5.95 Å². The summed E-state index contributed by atoms with van der Waals surface area (Å²) in [6.45, 7) is 4.03. The lowest BCUT2D eigenvalue weighted by Crippen LogP contribution is -2.06. The fourth-order valence-corrected chi connectivity index (χ4v) is 1.29. The van der Waals surface area contributed by atoms with Crippen LogP contribution in [0.25, 0.3) is 11.4 Å². The fraction of sp³-hybridized carbons (Fsp3) is 0.273. The highest BCUT2D eigenvalue weighted by Gasteiger charge is 2.09. The molecule has 0 radical (unpaired) electrons. The van der Waals surface area contributed by atoms with E-state index in [1.165, 1.54) is 0 Å². The van der Waals surface area contributed by atoms with Crippen molar-refractivity contribution in [3.8, 4) is 11.4 Å². The molecule has 2 N–H and O–H groups in total. The molecule has 0 fully saturated rings. The Hall–Kier alpha value is -2.04. The summed E-state index contributed by atoms with van der Waals surface area (Å²) >= 11 is 0. The minimum atomic E-state index is 0.223. The van der Waals surface area contributed by atoms with Gasteiger partial charge in [0.1, 0.15) is 5.82 Å². The summed E-state index contributed by atoms with van der Waals surface area (Å²) in [5, 5.41) is 0. The Labute approximate surface area is 93.8 Å². The molecule has 0 aliphatic heterocycles. The van der Waals surface area contributed by atoms with E-state index in [-0.39, 0.29) is 11.9 Å². The van der Waals surface area contributed by atoms with Crippen molar-refractivity contribution in [2.75, 3.05) is 5.73 Å². The van der Waals surface area contributed by atoms with Crippen LogP contribution in [0, 0.1) is 0 Å². The zero-order valence-electron chi connectivity index (χ0n) is 9.25. The Morgan fingerprint density at radius 3 is 2.62 bits per heavy atom. The monoisotopic (exact) mass is 215 g/mol. The third-order valence-electron chi connectivity index (χ3n) is 2.11. The van der Waals surface area contributed by atoms with E-state index in [2.05, 4.69) is 19.9 Å². The number of rotatable bonds is 2. The molecule has 2 heterocycles. The molecule has 16 heavy (non-hydrogen) atoms. The second-order valence-electron chi connectivity index (χ2n) is 3.77. The van der Waals surface area contributed by atoms with Gasteiger partial charge in [0.05, 0.1) is 0 Å². The van der Waals surface area contributed by atoms with Crippen LogP contribution < -0.4 is 5.73 Å². The first-order chi connectivity index (χ1) is 7.66. The van der Waals surface area contributed by atoms with Gasteiger partial charge in [-0.05, 0) is 12.1 Å².